The largest absolute Gasteiger partial charge is 0.618 e. The molecule has 0 saturated heterocycles. The van der Waals surface area contributed by atoms with Crippen LogP contribution in [0.4, 0.5) is 0 Å². The van der Waals surface area contributed by atoms with E-state index >= 15 is 0 Å². The zero-order valence-electron chi connectivity index (χ0n) is 6.82. The molecule has 0 saturated carbocycles. The standard InChI is InChI=1S/C10H9NO/c1-8-4-5-9-3-2-6-11(12)10(9)7-8/h2-7H,1H3. The van der Waals surface area contributed by atoms with Crippen molar-refractivity contribution < 1.29 is 4.73 Å². The zero-order valence-corrected chi connectivity index (χ0v) is 6.82. The molecule has 0 fully saturated rings. The van der Waals surface area contributed by atoms with Crippen molar-refractivity contribution in [3.05, 3.63) is 47.3 Å². The van der Waals surface area contributed by atoms with Gasteiger partial charge in [0.1, 0.15) is 0 Å². The van der Waals surface area contributed by atoms with E-state index in [9.17, 15) is 5.21 Å². The van der Waals surface area contributed by atoms with Crippen molar-refractivity contribution in [2.45, 2.75) is 6.92 Å². The third-order valence-electron chi connectivity index (χ3n) is 1.92. The van der Waals surface area contributed by atoms with E-state index in [1.807, 2.05) is 31.2 Å². The highest BCUT2D eigenvalue weighted by Gasteiger charge is 2.00. The van der Waals surface area contributed by atoms with Gasteiger partial charge in [0.25, 0.3) is 0 Å². The van der Waals surface area contributed by atoms with Crippen molar-refractivity contribution in [3.8, 4) is 0 Å². The Morgan fingerprint density at radius 1 is 1.25 bits per heavy atom. The fourth-order valence-electron chi connectivity index (χ4n) is 1.29. The second-order valence-electron chi connectivity index (χ2n) is 2.90. The topological polar surface area (TPSA) is 26.9 Å². The van der Waals surface area contributed by atoms with Crippen molar-refractivity contribution in [3.63, 3.8) is 0 Å². The number of hydrogen-bond donors (Lipinski definition) is 0. The molecule has 60 valence electrons. The van der Waals surface area contributed by atoms with Gasteiger partial charge in [-0.25, -0.2) is 0 Å². The molecule has 2 rings (SSSR count). The number of benzene rings is 1. The summed E-state index contributed by atoms with van der Waals surface area (Å²) in [6.07, 6.45) is 1.52. The highest BCUT2D eigenvalue weighted by atomic mass is 16.5. The van der Waals surface area contributed by atoms with E-state index in [4.69, 9.17) is 0 Å². The monoisotopic (exact) mass is 159 g/mol. The molecule has 0 radical (unpaired) electrons. The quantitative estimate of drug-likeness (QED) is 0.425. The molecule has 0 spiro atoms. The predicted molar refractivity (Wildman–Crippen MR) is 47.6 cm³/mol. The van der Waals surface area contributed by atoms with E-state index in [1.54, 1.807) is 6.07 Å². The number of pyridine rings is 1. The smallest absolute Gasteiger partial charge is 0.223 e. The van der Waals surface area contributed by atoms with Crippen molar-refractivity contribution in [1.29, 1.82) is 0 Å². The third-order valence-corrected chi connectivity index (χ3v) is 1.92. The Labute approximate surface area is 70.7 Å². The lowest BCUT2D eigenvalue weighted by molar-refractivity contribution is -0.577. The Hall–Kier alpha value is -1.57. The maximum atomic E-state index is 11.2. The van der Waals surface area contributed by atoms with Gasteiger partial charge in [-0.2, -0.15) is 4.73 Å². The molecule has 1 heterocycles. The molecule has 1 aromatic heterocycles. The first-order valence-electron chi connectivity index (χ1n) is 3.86. The molecular weight excluding hydrogens is 150 g/mol. The lowest BCUT2D eigenvalue weighted by Gasteiger charge is -2.00. The van der Waals surface area contributed by atoms with Crippen LogP contribution in [0.1, 0.15) is 5.56 Å². The van der Waals surface area contributed by atoms with E-state index < -0.39 is 0 Å². The van der Waals surface area contributed by atoms with Crippen LogP contribution < -0.4 is 4.73 Å². The number of fused-ring (bicyclic) bond motifs is 1. The fourth-order valence-corrected chi connectivity index (χ4v) is 1.29. The molecule has 0 N–H and O–H groups in total. The Kier molecular flexibility index (Phi) is 1.47. The number of aryl methyl sites for hydroxylation is 1. The highest BCUT2D eigenvalue weighted by Crippen LogP contribution is 2.10. The van der Waals surface area contributed by atoms with Gasteiger partial charge < -0.3 is 5.21 Å². The SMILES string of the molecule is Cc1ccc2ccc[n+]([O-])c2c1. The lowest BCUT2D eigenvalue weighted by atomic mass is 10.1. The normalized spacial score (nSPS) is 10.4. The number of nitrogens with zero attached hydrogens (tertiary/aromatic N) is 1. The van der Waals surface area contributed by atoms with Crippen LogP contribution in [0.3, 0.4) is 0 Å². The molecule has 0 aliphatic carbocycles. The Morgan fingerprint density at radius 2 is 2.08 bits per heavy atom. The number of rotatable bonds is 0. The summed E-state index contributed by atoms with van der Waals surface area (Å²) in [6.45, 7) is 1.98. The molecule has 0 aliphatic rings. The maximum Gasteiger partial charge on any atom is 0.223 e. The first-order valence-corrected chi connectivity index (χ1v) is 3.86. The van der Waals surface area contributed by atoms with Gasteiger partial charge in [0, 0.05) is 17.5 Å². The molecule has 1 aromatic carbocycles. The average molecular weight is 159 g/mol. The second-order valence-corrected chi connectivity index (χ2v) is 2.90. The minimum atomic E-state index is 0.734. The zero-order chi connectivity index (χ0) is 8.55. The minimum absolute atomic E-state index is 0.734. The summed E-state index contributed by atoms with van der Waals surface area (Å²) < 4.78 is 0.891. The molecule has 0 amide bonds. The number of aromatic nitrogens is 1. The van der Waals surface area contributed by atoms with Crippen molar-refractivity contribution in [2.75, 3.05) is 0 Å². The Bertz CT molecular complexity index is 423. The van der Waals surface area contributed by atoms with Crippen molar-refractivity contribution >= 4 is 10.9 Å². The van der Waals surface area contributed by atoms with Crippen LogP contribution in [-0.4, -0.2) is 0 Å². The summed E-state index contributed by atoms with van der Waals surface area (Å²) in [5.74, 6) is 0. The number of hydrogen-bond acceptors (Lipinski definition) is 1. The van der Waals surface area contributed by atoms with Gasteiger partial charge in [0.05, 0.1) is 0 Å². The first-order chi connectivity index (χ1) is 5.77. The van der Waals surface area contributed by atoms with E-state index in [0.717, 1.165) is 21.2 Å². The summed E-state index contributed by atoms with van der Waals surface area (Å²) in [5.41, 5.74) is 1.84. The van der Waals surface area contributed by atoms with Gasteiger partial charge in [-0.05, 0) is 24.6 Å². The lowest BCUT2D eigenvalue weighted by Crippen LogP contribution is -2.25. The van der Waals surface area contributed by atoms with E-state index in [-0.39, 0.29) is 0 Å². The summed E-state index contributed by atoms with van der Waals surface area (Å²) in [6, 6.07) is 9.54. The summed E-state index contributed by atoms with van der Waals surface area (Å²) in [4.78, 5) is 0. The molecule has 2 nitrogen and oxygen atoms in total. The summed E-state index contributed by atoms with van der Waals surface area (Å²) >= 11 is 0. The van der Waals surface area contributed by atoms with Gasteiger partial charge in [0.2, 0.25) is 5.52 Å². The van der Waals surface area contributed by atoms with Crippen LogP contribution in [0, 0.1) is 12.1 Å². The minimum Gasteiger partial charge on any atom is -0.618 e. The Morgan fingerprint density at radius 3 is 2.92 bits per heavy atom. The van der Waals surface area contributed by atoms with E-state index in [1.165, 1.54) is 6.20 Å². The molecule has 2 heteroatoms. The van der Waals surface area contributed by atoms with Crippen molar-refractivity contribution in [1.82, 2.24) is 0 Å². The predicted octanol–water partition coefficient (Wildman–Crippen LogP) is 1.78. The van der Waals surface area contributed by atoms with Crippen LogP contribution in [0.2, 0.25) is 0 Å². The van der Waals surface area contributed by atoms with Crippen LogP contribution in [-0.2, 0) is 0 Å². The molecule has 0 unspecified atom stereocenters. The van der Waals surface area contributed by atoms with E-state index in [2.05, 4.69) is 0 Å². The van der Waals surface area contributed by atoms with Gasteiger partial charge in [-0.3, -0.25) is 0 Å². The third kappa shape index (κ3) is 1.01. The summed E-state index contributed by atoms with van der Waals surface area (Å²) in [7, 11) is 0. The molecule has 0 bridgehead atoms. The first kappa shape index (κ1) is 7.10. The average Bonchev–Trinajstić information content (AvgIpc) is 2.07. The molecule has 0 atom stereocenters. The van der Waals surface area contributed by atoms with Crippen LogP contribution in [0.5, 0.6) is 0 Å². The molecular formula is C10H9NO. The van der Waals surface area contributed by atoms with Gasteiger partial charge >= 0.3 is 0 Å². The highest BCUT2D eigenvalue weighted by molar-refractivity contribution is 5.75. The van der Waals surface area contributed by atoms with Gasteiger partial charge in [0.15, 0.2) is 6.20 Å². The summed E-state index contributed by atoms with van der Waals surface area (Å²) in [5, 5.41) is 12.2. The van der Waals surface area contributed by atoms with Crippen LogP contribution >= 0.6 is 0 Å². The van der Waals surface area contributed by atoms with Crippen LogP contribution in [0.15, 0.2) is 36.5 Å². The molecule has 2 aromatic rings. The maximum absolute atomic E-state index is 11.2. The Balaban J connectivity index is 2.88. The molecule has 0 aliphatic heterocycles. The van der Waals surface area contributed by atoms with E-state index in [0.29, 0.717) is 0 Å². The van der Waals surface area contributed by atoms with Gasteiger partial charge in [-0.15, -0.1) is 0 Å². The molecule has 12 heavy (non-hydrogen) atoms. The second kappa shape index (κ2) is 2.48. The fraction of sp³-hybridized carbons (Fsp3) is 0.100. The van der Waals surface area contributed by atoms with Crippen LogP contribution in [0.25, 0.3) is 10.9 Å². The van der Waals surface area contributed by atoms with Gasteiger partial charge in [-0.1, -0.05) is 6.07 Å². The van der Waals surface area contributed by atoms with Crippen molar-refractivity contribution in [2.24, 2.45) is 0 Å².